The zero-order valence-electron chi connectivity index (χ0n) is 10.5. The molecule has 1 rings (SSSR count). The average Bonchev–Trinajstić information content (AvgIpc) is 2.36. The Labute approximate surface area is 108 Å². The van der Waals surface area contributed by atoms with Gasteiger partial charge in [-0.05, 0) is 13.0 Å². The second-order valence-corrected chi connectivity index (χ2v) is 4.08. The van der Waals surface area contributed by atoms with Gasteiger partial charge in [0.15, 0.2) is 0 Å². The van der Waals surface area contributed by atoms with E-state index < -0.39 is 0 Å². The Balaban J connectivity index is 2.72. The van der Waals surface area contributed by atoms with Crippen LogP contribution in [0.5, 0.6) is 11.5 Å². The molecule has 0 fully saturated rings. The summed E-state index contributed by atoms with van der Waals surface area (Å²) in [6, 6.07) is 5.66. The predicted molar refractivity (Wildman–Crippen MR) is 69.1 cm³/mol. The first-order chi connectivity index (χ1) is 8.21. The molecule has 0 saturated carbocycles. The van der Waals surface area contributed by atoms with E-state index in [0.29, 0.717) is 12.5 Å². The average molecular weight is 259 g/mol. The lowest BCUT2D eigenvalue weighted by Gasteiger charge is -2.17. The van der Waals surface area contributed by atoms with Gasteiger partial charge in [-0.1, -0.05) is 6.07 Å². The third-order valence-electron chi connectivity index (χ3n) is 2.47. The highest BCUT2D eigenvalue weighted by Crippen LogP contribution is 2.27. The lowest BCUT2D eigenvalue weighted by Crippen LogP contribution is -2.15. The van der Waals surface area contributed by atoms with Crippen molar-refractivity contribution in [3.05, 3.63) is 23.8 Å². The summed E-state index contributed by atoms with van der Waals surface area (Å²) in [5, 5.41) is 0. The maximum absolute atomic E-state index is 5.87. The molecule has 96 valence electrons. The number of ether oxygens (including phenoxy) is 3. The number of alkyl halides is 1. The molecule has 0 bridgehead atoms. The predicted octanol–water partition coefficient (Wildman–Crippen LogP) is 3.24. The molecule has 0 aromatic heterocycles. The molecule has 0 amide bonds. The van der Waals surface area contributed by atoms with Crippen LogP contribution < -0.4 is 9.47 Å². The van der Waals surface area contributed by atoms with Gasteiger partial charge in [0.25, 0.3) is 0 Å². The summed E-state index contributed by atoms with van der Waals surface area (Å²) in [5.41, 5.74) is 0.969. The number of rotatable bonds is 7. The maximum atomic E-state index is 5.87. The summed E-state index contributed by atoms with van der Waals surface area (Å²) < 4.78 is 16.0. The molecule has 4 heteroatoms. The van der Waals surface area contributed by atoms with E-state index in [1.54, 1.807) is 14.2 Å². The minimum absolute atomic E-state index is 0.0871. The van der Waals surface area contributed by atoms with Crippen LogP contribution in [-0.4, -0.2) is 26.9 Å². The second-order valence-electron chi connectivity index (χ2n) is 3.82. The van der Waals surface area contributed by atoms with Crippen molar-refractivity contribution in [3.63, 3.8) is 0 Å². The van der Waals surface area contributed by atoms with Crippen LogP contribution in [0.15, 0.2) is 18.2 Å². The van der Waals surface area contributed by atoms with E-state index >= 15 is 0 Å². The third-order valence-corrected chi connectivity index (χ3v) is 2.76. The molecule has 1 atom stereocenters. The first kappa shape index (κ1) is 14.1. The Morgan fingerprint density at radius 3 is 2.65 bits per heavy atom. The number of halogens is 1. The first-order valence-corrected chi connectivity index (χ1v) is 6.13. The van der Waals surface area contributed by atoms with Crippen LogP contribution in [0, 0.1) is 0 Å². The molecule has 0 spiro atoms. The van der Waals surface area contributed by atoms with E-state index in [4.69, 9.17) is 25.8 Å². The summed E-state index contributed by atoms with van der Waals surface area (Å²) in [6.45, 7) is 2.69. The van der Waals surface area contributed by atoms with E-state index in [1.165, 1.54) is 0 Å². The fraction of sp³-hybridized carbons (Fsp3) is 0.538. The second kappa shape index (κ2) is 7.41. The van der Waals surface area contributed by atoms with Crippen LogP contribution >= 0.6 is 11.6 Å². The number of methoxy groups -OCH3 is 2. The molecule has 0 aliphatic carbocycles. The fourth-order valence-electron chi connectivity index (χ4n) is 1.44. The Morgan fingerprint density at radius 1 is 1.29 bits per heavy atom. The maximum Gasteiger partial charge on any atom is 0.127 e. The van der Waals surface area contributed by atoms with Crippen molar-refractivity contribution in [3.8, 4) is 11.5 Å². The molecule has 0 heterocycles. The molecular formula is C13H19ClO3. The van der Waals surface area contributed by atoms with E-state index in [9.17, 15) is 0 Å². The van der Waals surface area contributed by atoms with Gasteiger partial charge in [0.1, 0.15) is 11.5 Å². The van der Waals surface area contributed by atoms with Gasteiger partial charge in [-0.2, -0.15) is 0 Å². The molecular weight excluding hydrogens is 240 g/mol. The largest absolute Gasteiger partial charge is 0.497 e. The topological polar surface area (TPSA) is 27.7 Å². The zero-order chi connectivity index (χ0) is 12.7. The highest BCUT2D eigenvalue weighted by Gasteiger charge is 2.09. The van der Waals surface area contributed by atoms with Crippen LogP contribution in [-0.2, 0) is 10.6 Å². The Bertz CT molecular complexity index is 341. The van der Waals surface area contributed by atoms with Crippen LogP contribution in [0.1, 0.15) is 18.9 Å². The summed E-state index contributed by atoms with van der Waals surface area (Å²) in [7, 11) is 3.32. The molecule has 1 aromatic rings. The van der Waals surface area contributed by atoms with Gasteiger partial charge in [0.05, 0.1) is 19.1 Å². The van der Waals surface area contributed by atoms with Gasteiger partial charge < -0.3 is 14.2 Å². The number of hydrogen-bond donors (Lipinski definition) is 0. The summed E-state index contributed by atoms with van der Waals surface area (Å²) in [5.74, 6) is 1.98. The van der Waals surface area contributed by atoms with Crippen molar-refractivity contribution in [2.75, 3.05) is 20.8 Å². The first-order valence-electron chi connectivity index (χ1n) is 5.59. The molecule has 3 nitrogen and oxygen atoms in total. The van der Waals surface area contributed by atoms with Crippen molar-refractivity contribution in [1.29, 1.82) is 0 Å². The lowest BCUT2D eigenvalue weighted by molar-refractivity contribution is 0.134. The summed E-state index contributed by atoms with van der Waals surface area (Å²) >= 11 is 5.87. The van der Waals surface area contributed by atoms with Gasteiger partial charge in [-0.15, -0.1) is 11.6 Å². The van der Waals surface area contributed by atoms with Gasteiger partial charge in [-0.3, -0.25) is 0 Å². The number of hydrogen-bond acceptors (Lipinski definition) is 3. The van der Waals surface area contributed by atoms with E-state index in [-0.39, 0.29) is 6.10 Å². The highest BCUT2D eigenvalue weighted by atomic mass is 35.5. The molecule has 0 aliphatic rings. The molecule has 17 heavy (non-hydrogen) atoms. The van der Waals surface area contributed by atoms with Crippen molar-refractivity contribution in [2.45, 2.75) is 25.3 Å². The Hall–Kier alpha value is -0.930. The van der Waals surface area contributed by atoms with Gasteiger partial charge in [-0.25, -0.2) is 0 Å². The van der Waals surface area contributed by atoms with E-state index in [1.807, 2.05) is 25.1 Å². The fourth-order valence-corrected chi connectivity index (χ4v) is 1.66. The van der Waals surface area contributed by atoms with Gasteiger partial charge >= 0.3 is 0 Å². The van der Waals surface area contributed by atoms with Crippen molar-refractivity contribution in [1.82, 2.24) is 0 Å². The quantitative estimate of drug-likeness (QED) is 0.703. The van der Waals surface area contributed by atoms with Gasteiger partial charge in [0.2, 0.25) is 0 Å². The molecule has 0 aliphatic heterocycles. The zero-order valence-corrected chi connectivity index (χ0v) is 11.3. The van der Waals surface area contributed by atoms with Gasteiger partial charge in [0, 0.05) is 31.8 Å². The molecule has 0 saturated heterocycles. The summed E-state index contributed by atoms with van der Waals surface area (Å²) in [4.78, 5) is 0. The monoisotopic (exact) mass is 258 g/mol. The Morgan fingerprint density at radius 2 is 2.06 bits per heavy atom. The third kappa shape index (κ3) is 4.44. The smallest absolute Gasteiger partial charge is 0.127 e. The van der Waals surface area contributed by atoms with E-state index in [2.05, 4.69) is 0 Å². The van der Waals surface area contributed by atoms with Crippen LogP contribution in [0.25, 0.3) is 0 Å². The minimum atomic E-state index is 0.0871. The normalized spacial score (nSPS) is 12.2. The lowest BCUT2D eigenvalue weighted by atomic mass is 10.2. The SMILES string of the molecule is COCCC(C)Oc1cc(OC)ccc1CCl. The highest BCUT2D eigenvalue weighted by molar-refractivity contribution is 6.17. The van der Waals surface area contributed by atoms with Crippen LogP contribution in [0.3, 0.4) is 0 Å². The Kier molecular flexibility index (Phi) is 6.16. The molecule has 1 unspecified atom stereocenters. The van der Waals surface area contributed by atoms with Crippen LogP contribution in [0.2, 0.25) is 0 Å². The van der Waals surface area contributed by atoms with E-state index in [0.717, 1.165) is 23.5 Å². The molecule has 1 aromatic carbocycles. The number of benzene rings is 1. The molecule has 0 N–H and O–H groups in total. The summed E-state index contributed by atoms with van der Waals surface area (Å²) in [6.07, 6.45) is 0.930. The standard InChI is InChI=1S/C13H19ClO3/c1-10(6-7-15-2)17-13-8-12(16-3)5-4-11(13)9-14/h4-5,8,10H,6-7,9H2,1-3H3. The minimum Gasteiger partial charge on any atom is -0.497 e. The van der Waals surface area contributed by atoms with Crippen molar-refractivity contribution in [2.24, 2.45) is 0 Å². The van der Waals surface area contributed by atoms with Crippen LogP contribution in [0.4, 0.5) is 0 Å². The van der Waals surface area contributed by atoms with Crippen molar-refractivity contribution >= 4 is 11.6 Å². The van der Waals surface area contributed by atoms with Crippen molar-refractivity contribution < 1.29 is 14.2 Å². The molecule has 0 radical (unpaired) electrons.